The molecule has 2 N–H and O–H groups in total. The van der Waals surface area contributed by atoms with Crippen LogP contribution in [-0.4, -0.2) is 39.2 Å². The summed E-state index contributed by atoms with van der Waals surface area (Å²) in [6.45, 7) is 1.89. The Hall–Kier alpha value is -1.63. The van der Waals surface area contributed by atoms with Gasteiger partial charge in [0, 0.05) is 0 Å². The minimum Gasteiger partial charge on any atom is -0.480 e. The van der Waals surface area contributed by atoms with E-state index in [2.05, 4.69) is 20.3 Å². The van der Waals surface area contributed by atoms with Gasteiger partial charge in [0.15, 0.2) is 0 Å². The van der Waals surface area contributed by atoms with Gasteiger partial charge in [-0.15, -0.1) is 0 Å². The number of carbonyl (C=O) groups is 1. The lowest BCUT2D eigenvalue weighted by Gasteiger charge is -2.13. The number of carboxylic acids is 1. The fraction of sp³-hybridized carbons (Fsp3) is 0.556. The summed E-state index contributed by atoms with van der Waals surface area (Å²) in [4.78, 5) is 22.2. The molecule has 17 heavy (non-hydrogen) atoms. The maximum Gasteiger partial charge on any atom is 0.326 e. The SMILES string of the molecule is CCCC(Nc1nc(Cl)nc(OC)n1)C(=O)O. The third-order valence-corrected chi connectivity index (χ3v) is 2.12. The van der Waals surface area contributed by atoms with E-state index in [1.807, 2.05) is 6.92 Å². The number of hydrogen-bond donors (Lipinski definition) is 2. The second-order valence-electron chi connectivity index (χ2n) is 3.24. The molecule has 1 rings (SSSR count). The number of carboxylic acid groups (broad SMARTS) is 1. The monoisotopic (exact) mass is 260 g/mol. The summed E-state index contributed by atoms with van der Waals surface area (Å²) in [5.41, 5.74) is 0. The molecule has 94 valence electrons. The van der Waals surface area contributed by atoms with E-state index < -0.39 is 12.0 Å². The highest BCUT2D eigenvalue weighted by molar-refractivity contribution is 6.28. The van der Waals surface area contributed by atoms with Gasteiger partial charge in [0.1, 0.15) is 6.04 Å². The predicted molar refractivity (Wildman–Crippen MR) is 61.3 cm³/mol. The van der Waals surface area contributed by atoms with E-state index >= 15 is 0 Å². The molecule has 0 radical (unpaired) electrons. The van der Waals surface area contributed by atoms with Gasteiger partial charge in [-0.3, -0.25) is 0 Å². The number of hydrogen-bond acceptors (Lipinski definition) is 6. The minimum absolute atomic E-state index is 0.0353. The van der Waals surface area contributed by atoms with Gasteiger partial charge in [-0.05, 0) is 18.0 Å². The van der Waals surface area contributed by atoms with Crippen LogP contribution in [0.2, 0.25) is 5.28 Å². The second-order valence-corrected chi connectivity index (χ2v) is 3.58. The van der Waals surface area contributed by atoms with Crippen molar-refractivity contribution in [1.29, 1.82) is 0 Å². The Kier molecular flexibility index (Phi) is 4.89. The summed E-state index contributed by atoms with van der Waals surface area (Å²) in [5.74, 6) is -0.884. The van der Waals surface area contributed by atoms with Crippen LogP contribution in [0.3, 0.4) is 0 Å². The van der Waals surface area contributed by atoms with Crippen molar-refractivity contribution in [2.24, 2.45) is 0 Å². The number of halogens is 1. The number of rotatable bonds is 6. The highest BCUT2D eigenvalue weighted by atomic mass is 35.5. The highest BCUT2D eigenvalue weighted by Crippen LogP contribution is 2.12. The third kappa shape index (κ3) is 4.03. The Morgan fingerprint density at radius 2 is 2.24 bits per heavy atom. The Bertz CT molecular complexity index is 402. The molecule has 0 bridgehead atoms. The first-order valence-electron chi connectivity index (χ1n) is 5.01. The normalized spacial score (nSPS) is 11.9. The molecule has 0 saturated heterocycles. The van der Waals surface area contributed by atoms with E-state index in [1.54, 1.807) is 0 Å². The Balaban J connectivity index is 2.84. The van der Waals surface area contributed by atoms with E-state index in [4.69, 9.17) is 21.4 Å². The molecular formula is C9H13ClN4O3. The summed E-state index contributed by atoms with van der Waals surface area (Å²) in [6.07, 6.45) is 1.18. The van der Waals surface area contributed by atoms with Gasteiger partial charge in [0.25, 0.3) is 0 Å². The fourth-order valence-corrected chi connectivity index (χ4v) is 1.34. The maximum absolute atomic E-state index is 10.9. The summed E-state index contributed by atoms with van der Waals surface area (Å²) >= 11 is 5.64. The van der Waals surface area contributed by atoms with E-state index in [0.29, 0.717) is 6.42 Å². The Morgan fingerprint density at radius 1 is 1.53 bits per heavy atom. The molecule has 1 aromatic heterocycles. The molecule has 7 nitrogen and oxygen atoms in total. The van der Waals surface area contributed by atoms with Crippen LogP contribution < -0.4 is 10.1 Å². The summed E-state index contributed by atoms with van der Waals surface area (Å²) in [5, 5.41) is 11.6. The van der Waals surface area contributed by atoms with Crippen molar-refractivity contribution in [2.45, 2.75) is 25.8 Å². The Morgan fingerprint density at radius 3 is 2.76 bits per heavy atom. The van der Waals surface area contributed by atoms with Crippen molar-refractivity contribution in [2.75, 3.05) is 12.4 Å². The topological polar surface area (TPSA) is 97.2 Å². The van der Waals surface area contributed by atoms with Crippen LogP contribution in [0.5, 0.6) is 6.01 Å². The average molecular weight is 261 g/mol. The molecule has 1 heterocycles. The number of nitrogens with one attached hydrogen (secondary N) is 1. The van der Waals surface area contributed by atoms with Crippen LogP contribution in [0.25, 0.3) is 0 Å². The second kappa shape index (κ2) is 6.19. The summed E-state index contributed by atoms with van der Waals surface area (Å²) in [7, 11) is 1.39. The number of anilines is 1. The lowest BCUT2D eigenvalue weighted by atomic mass is 10.2. The zero-order chi connectivity index (χ0) is 12.8. The lowest BCUT2D eigenvalue weighted by molar-refractivity contribution is -0.138. The molecule has 0 aliphatic heterocycles. The average Bonchev–Trinajstić information content (AvgIpc) is 2.27. The van der Waals surface area contributed by atoms with E-state index in [1.165, 1.54) is 7.11 Å². The number of ether oxygens (including phenoxy) is 1. The van der Waals surface area contributed by atoms with Gasteiger partial charge >= 0.3 is 12.0 Å². The largest absolute Gasteiger partial charge is 0.480 e. The molecular weight excluding hydrogens is 248 g/mol. The predicted octanol–water partition coefficient (Wildman–Crippen LogP) is 1.20. The van der Waals surface area contributed by atoms with Crippen LogP contribution in [0.15, 0.2) is 0 Å². The van der Waals surface area contributed by atoms with Crippen molar-refractivity contribution in [1.82, 2.24) is 15.0 Å². The smallest absolute Gasteiger partial charge is 0.326 e. The van der Waals surface area contributed by atoms with Crippen LogP contribution >= 0.6 is 11.6 Å². The van der Waals surface area contributed by atoms with Gasteiger partial charge in [-0.2, -0.15) is 15.0 Å². The molecule has 8 heteroatoms. The van der Waals surface area contributed by atoms with E-state index in [9.17, 15) is 4.79 Å². The molecule has 0 saturated carbocycles. The van der Waals surface area contributed by atoms with Gasteiger partial charge in [0.05, 0.1) is 7.11 Å². The first-order valence-corrected chi connectivity index (χ1v) is 5.39. The fourth-order valence-electron chi connectivity index (χ4n) is 1.19. The number of methoxy groups -OCH3 is 1. The summed E-state index contributed by atoms with van der Waals surface area (Å²) < 4.78 is 4.80. The zero-order valence-electron chi connectivity index (χ0n) is 9.47. The van der Waals surface area contributed by atoms with Crippen LogP contribution in [0.1, 0.15) is 19.8 Å². The van der Waals surface area contributed by atoms with Crippen molar-refractivity contribution >= 4 is 23.5 Å². The maximum atomic E-state index is 10.9. The summed E-state index contributed by atoms with van der Waals surface area (Å²) in [6, 6.07) is -0.726. The van der Waals surface area contributed by atoms with Crippen LogP contribution in [0.4, 0.5) is 5.95 Å². The third-order valence-electron chi connectivity index (χ3n) is 1.95. The van der Waals surface area contributed by atoms with Gasteiger partial charge in [0.2, 0.25) is 11.2 Å². The number of aromatic nitrogens is 3. The minimum atomic E-state index is -0.970. The first-order chi connectivity index (χ1) is 8.06. The first kappa shape index (κ1) is 13.4. The van der Waals surface area contributed by atoms with Crippen molar-refractivity contribution < 1.29 is 14.6 Å². The molecule has 1 aromatic rings. The van der Waals surface area contributed by atoms with Crippen molar-refractivity contribution in [3.05, 3.63) is 5.28 Å². The number of aliphatic carboxylic acids is 1. The van der Waals surface area contributed by atoms with E-state index in [-0.39, 0.29) is 17.2 Å². The van der Waals surface area contributed by atoms with Crippen molar-refractivity contribution in [3.8, 4) is 6.01 Å². The lowest BCUT2D eigenvalue weighted by Crippen LogP contribution is -2.30. The number of nitrogens with zero attached hydrogens (tertiary/aromatic N) is 3. The molecule has 0 amide bonds. The molecule has 1 atom stereocenters. The van der Waals surface area contributed by atoms with Crippen LogP contribution in [-0.2, 0) is 4.79 Å². The van der Waals surface area contributed by atoms with Crippen LogP contribution in [0, 0.1) is 0 Å². The molecule has 0 aromatic carbocycles. The molecule has 0 spiro atoms. The van der Waals surface area contributed by atoms with E-state index in [0.717, 1.165) is 6.42 Å². The molecule has 0 fully saturated rings. The van der Waals surface area contributed by atoms with Crippen molar-refractivity contribution in [3.63, 3.8) is 0 Å². The molecule has 1 unspecified atom stereocenters. The standard InChI is InChI=1S/C9H13ClN4O3/c1-3-4-5(6(15)16)11-8-12-7(10)13-9(14-8)17-2/h5H,3-4H2,1-2H3,(H,15,16)(H,11,12,13,14). The quantitative estimate of drug-likeness (QED) is 0.793. The molecule has 0 aliphatic rings. The van der Waals surface area contributed by atoms with Gasteiger partial charge in [-0.25, -0.2) is 4.79 Å². The van der Waals surface area contributed by atoms with Gasteiger partial charge in [-0.1, -0.05) is 13.3 Å². The molecule has 0 aliphatic carbocycles. The Labute approximate surface area is 103 Å². The van der Waals surface area contributed by atoms with Gasteiger partial charge < -0.3 is 15.2 Å². The highest BCUT2D eigenvalue weighted by Gasteiger charge is 2.18. The zero-order valence-corrected chi connectivity index (χ0v) is 10.2.